The molecule has 0 radical (unpaired) electrons. The molecule has 3 aromatic carbocycles. The number of benzene rings is 3. The number of para-hydroxylation sites is 2. The maximum atomic E-state index is 12.9. The molecule has 0 aliphatic carbocycles. The number of rotatable bonds is 12. The lowest BCUT2D eigenvalue weighted by atomic mass is 10.0. The fourth-order valence-corrected chi connectivity index (χ4v) is 3.77. The minimum absolute atomic E-state index is 0.169. The fraction of sp³-hybridized carbons (Fsp3) is 0.310. The van der Waals surface area contributed by atoms with Gasteiger partial charge in [-0.2, -0.15) is 0 Å². The van der Waals surface area contributed by atoms with E-state index in [0.29, 0.717) is 6.54 Å². The second-order valence-corrected chi connectivity index (χ2v) is 8.65. The van der Waals surface area contributed by atoms with Crippen LogP contribution in [-0.2, 0) is 22.4 Å². The van der Waals surface area contributed by atoms with Crippen molar-refractivity contribution in [3.8, 4) is 17.2 Å². The molecule has 1 unspecified atom stereocenters. The van der Waals surface area contributed by atoms with E-state index in [4.69, 9.17) is 18.9 Å². The van der Waals surface area contributed by atoms with Gasteiger partial charge in [-0.3, -0.25) is 4.79 Å². The van der Waals surface area contributed by atoms with Gasteiger partial charge in [0.15, 0.2) is 0 Å². The van der Waals surface area contributed by atoms with Crippen LogP contribution in [0.2, 0.25) is 0 Å². The Labute approximate surface area is 212 Å². The standard InChI is InChI=1S/C29H33NO6/c1-21(31)35-28-15-8-6-13-26(28)29(32)36-25(19-30(2)3)20-34-27-14-7-5-11-23(27)17-16-22-10-9-12-24(18-22)33-4/h5-15,18,25H,16-17,19-20H2,1-4H3. The van der Waals surface area contributed by atoms with E-state index in [1.54, 1.807) is 31.4 Å². The quantitative estimate of drug-likeness (QED) is 0.271. The first-order chi connectivity index (χ1) is 17.4. The first-order valence-corrected chi connectivity index (χ1v) is 11.8. The Morgan fingerprint density at radius 1 is 0.889 bits per heavy atom. The Bertz CT molecular complexity index is 1160. The average molecular weight is 492 g/mol. The molecule has 0 aliphatic rings. The topological polar surface area (TPSA) is 74.3 Å². The number of carbonyl (C=O) groups is 2. The Balaban J connectivity index is 1.68. The lowest BCUT2D eigenvalue weighted by molar-refractivity contribution is -0.131. The van der Waals surface area contributed by atoms with Crippen LogP contribution < -0.4 is 14.2 Å². The van der Waals surface area contributed by atoms with Gasteiger partial charge >= 0.3 is 11.9 Å². The van der Waals surface area contributed by atoms with Gasteiger partial charge in [0.25, 0.3) is 0 Å². The van der Waals surface area contributed by atoms with Crippen molar-refractivity contribution in [3.05, 3.63) is 89.5 Å². The van der Waals surface area contributed by atoms with Crippen molar-refractivity contribution in [2.45, 2.75) is 25.9 Å². The molecule has 190 valence electrons. The van der Waals surface area contributed by atoms with Crippen molar-refractivity contribution < 1.29 is 28.5 Å². The Morgan fingerprint density at radius 2 is 1.61 bits per heavy atom. The number of ether oxygens (including phenoxy) is 4. The molecule has 0 heterocycles. The highest BCUT2D eigenvalue weighted by Gasteiger charge is 2.21. The lowest BCUT2D eigenvalue weighted by Crippen LogP contribution is -2.35. The summed E-state index contributed by atoms with van der Waals surface area (Å²) in [5.41, 5.74) is 2.43. The molecule has 36 heavy (non-hydrogen) atoms. The van der Waals surface area contributed by atoms with Gasteiger partial charge in [-0.05, 0) is 68.4 Å². The summed E-state index contributed by atoms with van der Waals surface area (Å²) < 4.78 is 22.4. The zero-order valence-electron chi connectivity index (χ0n) is 21.2. The fourth-order valence-electron chi connectivity index (χ4n) is 3.77. The maximum absolute atomic E-state index is 12.9. The van der Waals surface area contributed by atoms with Crippen LogP contribution in [0.15, 0.2) is 72.8 Å². The van der Waals surface area contributed by atoms with Gasteiger partial charge in [0.1, 0.15) is 35.5 Å². The van der Waals surface area contributed by atoms with Crippen molar-refractivity contribution in [3.63, 3.8) is 0 Å². The summed E-state index contributed by atoms with van der Waals surface area (Å²) in [6.45, 7) is 1.93. The van der Waals surface area contributed by atoms with Crippen LogP contribution in [0.4, 0.5) is 0 Å². The number of likely N-dealkylation sites (N-methyl/N-ethyl adjacent to an activating group) is 1. The highest BCUT2D eigenvalue weighted by Crippen LogP contribution is 2.23. The molecular formula is C29H33NO6. The van der Waals surface area contributed by atoms with Crippen molar-refractivity contribution in [1.29, 1.82) is 0 Å². The number of esters is 2. The summed E-state index contributed by atoms with van der Waals surface area (Å²) in [4.78, 5) is 26.3. The maximum Gasteiger partial charge on any atom is 0.342 e. The van der Waals surface area contributed by atoms with Gasteiger partial charge in [-0.1, -0.05) is 42.5 Å². The molecule has 0 fully saturated rings. The number of hydrogen-bond donors (Lipinski definition) is 0. The monoisotopic (exact) mass is 491 g/mol. The largest absolute Gasteiger partial charge is 0.497 e. The van der Waals surface area contributed by atoms with Crippen LogP contribution in [-0.4, -0.2) is 57.3 Å². The molecule has 7 heteroatoms. The van der Waals surface area contributed by atoms with Gasteiger partial charge in [-0.25, -0.2) is 4.79 Å². The molecule has 0 saturated heterocycles. The minimum atomic E-state index is -0.575. The molecule has 3 rings (SSSR count). The van der Waals surface area contributed by atoms with Crippen molar-refractivity contribution in [2.75, 3.05) is 34.4 Å². The van der Waals surface area contributed by atoms with Crippen LogP contribution in [0, 0.1) is 0 Å². The third kappa shape index (κ3) is 8.13. The zero-order chi connectivity index (χ0) is 25.9. The second kappa shape index (κ2) is 13.3. The van der Waals surface area contributed by atoms with Crippen molar-refractivity contribution in [1.82, 2.24) is 4.90 Å². The zero-order valence-corrected chi connectivity index (χ0v) is 21.2. The summed E-state index contributed by atoms with van der Waals surface area (Å²) in [5.74, 6) is 0.672. The van der Waals surface area contributed by atoms with Crippen LogP contribution in [0.3, 0.4) is 0 Å². The number of hydrogen-bond acceptors (Lipinski definition) is 7. The highest BCUT2D eigenvalue weighted by atomic mass is 16.6. The van der Waals surface area contributed by atoms with Crippen LogP contribution >= 0.6 is 0 Å². The van der Waals surface area contributed by atoms with E-state index in [2.05, 4.69) is 6.07 Å². The summed E-state index contributed by atoms with van der Waals surface area (Å²) >= 11 is 0. The molecule has 0 bridgehead atoms. The third-order valence-electron chi connectivity index (χ3n) is 5.42. The lowest BCUT2D eigenvalue weighted by Gasteiger charge is -2.23. The molecule has 0 saturated carbocycles. The Hall–Kier alpha value is -3.84. The van der Waals surface area contributed by atoms with Crippen molar-refractivity contribution >= 4 is 11.9 Å². The van der Waals surface area contributed by atoms with E-state index in [0.717, 1.165) is 29.9 Å². The molecule has 3 aromatic rings. The van der Waals surface area contributed by atoms with Gasteiger partial charge in [0.2, 0.25) is 0 Å². The number of methoxy groups -OCH3 is 1. The van der Waals surface area contributed by atoms with E-state index < -0.39 is 18.0 Å². The van der Waals surface area contributed by atoms with E-state index in [9.17, 15) is 9.59 Å². The minimum Gasteiger partial charge on any atom is -0.497 e. The predicted octanol–water partition coefficient (Wildman–Crippen LogP) is 4.57. The molecule has 0 aromatic heterocycles. The molecule has 7 nitrogen and oxygen atoms in total. The van der Waals surface area contributed by atoms with E-state index >= 15 is 0 Å². The number of carbonyl (C=O) groups excluding carboxylic acids is 2. The van der Waals surface area contributed by atoms with Gasteiger partial charge in [-0.15, -0.1) is 0 Å². The first-order valence-electron chi connectivity index (χ1n) is 11.8. The number of nitrogens with zero attached hydrogens (tertiary/aromatic N) is 1. The molecule has 0 aliphatic heterocycles. The molecule has 1 atom stereocenters. The molecule has 0 spiro atoms. The SMILES string of the molecule is COc1cccc(CCc2ccccc2OCC(CN(C)C)OC(=O)c2ccccc2OC(C)=O)c1. The van der Waals surface area contributed by atoms with E-state index in [-0.39, 0.29) is 17.9 Å². The molecule has 0 amide bonds. The smallest absolute Gasteiger partial charge is 0.342 e. The van der Waals surface area contributed by atoms with Crippen molar-refractivity contribution in [2.24, 2.45) is 0 Å². The first kappa shape index (κ1) is 26.8. The summed E-state index contributed by atoms with van der Waals surface area (Å²) in [6, 6.07) is 22.4. The summed E-state index contributed by atoms with van der Waals surface area (Å²) in [6.07, 6.45) is 1.09. The highest BCUT2D eigenvalue weighted by molar-refractivity contribution is 5.93. The van der Waals surface area contributed by atoms with Crippen LogP contribution in [0.25, 0.3) is 0 Å². The normalized spacial score (nSPS) is 11.6. The van der Waals surface area contributed by atoms with Gasteiger partial charge in [0.05, 0.1) is 7.11 Å². The number of aryl methyl sites for hydroxylation is 2. The Kier molecular flexibility index (Phi) is 9.89. The molecular weight excluding hydrogens is 458 g/mol. The molecule has 0 N–H and O–H groups in total. The van der Waals surface area contributed by atoms with Crippen LogP contribution in [0.1, 0.15) is 28.4 Å². The Morgan fingerprint density at radius 3 is 2.33 bits per heavy atom. The average Bonchev–Trinajstić information content (AvgIpc) is 2.86. The van der Waals surface area contributed by atoms with E-state index in [1.807, 2.05) is 61.5 Å². The summed E-state index contributed by atoms with van der Waals surface area (Å²) in [7, 11) is 5.46. The second-order valence-electron chi connectivity index (χ2n) is 8.65. The van der Waals surface area contributed by atoms with Crippen LogP contribution in [0.5, 0.6) is 17.2 Å². The third-order valence-corrected chi connectivity index (χ3v) is 5.42. The van der Waals surface area contributed by atoms with Gasteiger partial charge < -0.3 is 23.8 Å². The predicted molar refractivity (Wildman–Crippen MR) is 138 cm³/mol. The summed E-state index contributed by atoms with van der Waals surface area (Å²) in [5, 5.41) is 0. The van der Waals surface area contributed by atoms with E-state index in [1.165, 1.54) is 12.5 Å². The van der Waals surface area contributed by atoms with Gasteiger partial charge in [0, 0.05) is 13.5 Å².